The van der Waals surface area contributed by atoms with Gasteiger partial charge in [-0.15, -0.1) is 0 Å². The molecule has 194 valence electrons. The van der Waals surface area contributed by atoms with Crippen molar-refractivity contribution in [2.45, 2.75) is 83.0 Å². The average molecular weight is 526 g/mol. The summed E-state index contributed by atoms with van der Waals surface area (Å²) in [4.78, 5) is 14.1. The first-order chi connectivity index (χ1) is 16.8. The normalized spacial score (nSPS) is 16.9. The van der Waals surface area contributed by atoms with Crippen LogP contribution in [-0.2, 0) is 19.2 Å². The first-order valence-corrected chi connectivity index (χ1v) is 16.2. The lowest BCUT2D eigenvalue weighted by atomic mass is 9.98. The summed E-state index contributed by atoms with van der Waals surface area (Å²) in [6.07, 6.45) is 3.47. The lowest BCUT2D eigenvalue weighted by Gasteiger charge is -2.43. The molecule has 0 saturated heterocycles. The minimum atomic E-state index is -4.03. The van der Waals surface area contributed by atoms with E-state index < -0.39 is 30.4 Å². The van der Waals surface area contributed by atoms with Crippen LogP contribution in [0.4, 0.5) is 0 Å². The van der Waals surface area contributed by atoms with Crippen molar-refractivity contribution in [1.82, 2.24) is 4.31 Å². The maximum Gasteiger partial charge on any atom is 0.321 e. The number of allylic oxidation sites excluding steroid dienone is 2. The van der Waals surface area contributed by atoms with E-state index >= 15 is 0 Å². The summed E-state index contributed by atoms with van der Waals surface area (Å²) in [5, 5.41) is 0. The Balaban J connectivity index is 2.15. The van der Waals surface area contributed by atoms with Crippen LogP contribution in [0.15, 0.2) is 77.3 Å². The number of hydrogen-bond acceptors (Lipinski definition) is 4. The largest absolute Gasteiger partial charge is 0.516 e. The lowest BCUT2D eigenvalue weighted by molar-refractivity contribution is -0.138. The molecule has 0 radical (unpaired) electrons. The van der Waals surface area contributed by atoms with E-state index in [0.29, 0.717) is 5.57 Å². The molecule has 0 aliphatic carbocycles. The molecule has 0 amide bonds. The number of nitrogens with zero attached hydrogens (tertiary/aromatic N) is 1. The molecule has 1 unspecified atom stereocenters. The number of carbonyl (C=O) groups excluding carboxylic acids is 1. The molecule has 1 heterocycles. The summed E-state index contributed by atoms with van der Waals surface area (Å²) in [7, 11) is -6.61. The fraction of sp³-hybridized carbons (Fsp3) is 0.414. The zero-order chi connectivity index (χ0) is 26.8. The predicted molar refractivity (Wildman–Crippen MR) is 149 cm³/mol. The van der Waals surface area contributed by atoms with E-state index in [-0.39, 0.29) is 21.5 Å². The Hall–Kier alpha value is -2.64. The van der Waals surface area contributed by atoms with Crippen molar-refractivity contribution in [1.29, 1.82) is 0 Å². The summed E-state index contributed by atoms with van der Waals surface area (Å²) in [6.45, 7) is 16.4. The number of rotatable bonds is 8. The van der Waals surface area contributed by atoms with Gasteiger partial charge in [-0.05, 0) is 59.3 Å². The second-order valence-corrected chi connectivity index (χ2v) is 17.8. The molecular weight excluding hydrogens is 486 g/mol. The fourth-order valence-corrected chi connectivity index (χ4v) is 12.1. The Morgan fingerprint density at radius 2 is 1.39 bits per heavy atom. The molecule has 0 fully saturated rings. The van der Waals surface area contributed by atoms with E-state index in [1.165, 1.54) is 4.31 Å². The molecule has 3 rings (SSSR count). The number of hydrogen-bond donors (Lipinski definition) is 0. The van der Waals surface area contributed by atoms with Gasteiger partial charge in [0.05, 0.1) is 4.90 Å². The molecule has 1 aliphatic rings. The Morgan fingerprint density at radius 1 is 0.861 bits per heavy atom. The van der Waals surface area contributed by atoms with E-state index in [0.717, 1.165) is 16.7 Å². The molecular formula is C29H39NO4SSi. The molecule has 2 aromatic rings. The van der Waals surface area contributed by atoms with E-state index in [9.17, 15) is 13.2 Å². The van der Waals surface area contributed by atoms with Crippen LogP contribution in [0.5, 0.6) is 0 Å². The van der Waals surface area contributed by atoms with Gasteiger partial charge < -0.3 is 4.43 Å². The quantitative estimate of drug-likeness (QED) is 0.346. The monoisotopic (exact) mass is 525 g/mol. The van der Waals surface area contributed by atoms with Gasteiger partial charge in [0.15, 0.2) is 6.04 Å². The zero-order valence-electron chi connectivity index (χ0n) is 22.6. The molecule has 5 nitrogen and oxygen atoms in total. The van der Waals surface area contributed by atoms with E-state index in [4.69, 9.17) is 4.43 Å². The highest BCUT2D eigenvalue weighted by Crippen LogP contribution is 2.43. The SMILES string of the molecule is CC1=CC(c2ccccc2)=CN(S(=O)(=O)c2ccc(C)cc2)C1C(=O)O[Si](C(C)C)(C(C)C)C(C)C. The van der Waals surface area contributed by atoms with Crippen molar-refractivity contribution in [2.75, 3.05) is 0 Å². The molecule has 2 aromatic carbocycles. The molecule has 1 atom stereocenters. The zero-order valence-corrected chi connectivity index (χ0v) is 24.5. The predicted octanol–water partition coefficient (Wildman–Crippen LogP) is 7.07. The second-order valence-electron chi connectivity index (χ2n) is 10.6. The minimum Gasteiger partial charge on any atom is -0.516 e. The Morgan fingerprint density at radius 3 is 1.89 bits per heavy atom. The van der Waals surface area contributed by atoms with E-state index in [2.05, 4.69) is 41.5 Å². The molecule has 0 N–H and O–H groups in total. The minimum absolute atomic E-state index is 0.143. The van der Waals surface area contributed by atoms with E-state index in [1.54, 1.807) is 30.5 Å². The second kappa shape index (κ2) is 10.8. The molecule has 0 saturated carbocycles. The molecule has 0 spiro atoms. The topological polar surface area (TPSA) is 63.7 Å². The van der Waals surface area contributed by atoms with Gasteiger partial charge in [0.25, 0.3) is 18.3 Å². The van der Waals surface area contributed by atoms with Gasteiger partial charge in [-0.3, -0.25) is 9.10 Å². The van der Waals surface area contributed by atoms with Crippen LogP contribution in [0.2, 0.25) is 16.6 Å². The molecule has 1 aliphatic heterocycles. The average Bonchev–Trinajstić information content (AvgIpc) is 2.82. The van der Waals surface area contributed by atoms with Crippen molar-refractivity contribution < 1.29 is 17.6 Å². The van der Waals surface area contributed by atoms with Crippen LogP contribution < -0.4 is 0 Å². The summed E-state index contributed by atoms with van der Waals surface area (Å²) in [6, 6.07) is 15.2. The Kier molecular flexibility index (Phi) is 8.36. The third-order valence-corrected chi connectivity index (χ3v) is 15.0. The molecule has 0 bridgehead atoms. The summed E-state index contributed by atoms with van der Waals surface area (Å²) in [5.41, 5.74) is 3.76. The molecule has 36 heavy (non-hydrogen) atoms. The van der Waals surface area contributed by atoms with Crippen molar-refractivity contribution >= 4 is 29.9 Å². The van der Waals surface area contributed by atoms with Gasteiger partial charge in [-0.25, -0.2) is 8.42 Å². The smallest absolute Gasteiger partial charge is 0.321 e. The Labute approximate surface area is 218 Å². The lowest BCUT2D eigenvalue weighted by Crippen LogP contribution is -2.54. The first kappa shape index (κ1) is 27.9. The fourth-order valence-electron chi connectivity index (χ4n) is 5.48. The van der Waals surface area contributed by atoms with Crippen LogP contribution in [0, 0.1) is 6.92 Å². The number of aryl methyl sites for hydroxylation is 1. The standard InChI is InChI=1S/C29H39NO4SSi/c1-20(2)36(21(3)4,22(5)6)34-29(31)28-24(8)18-26(25-12-10-9-11-13-25)19-30(28)35(32,33)27-16-14-23(7)15-17-27/h9-22,28H,1-8H3. The van der Waals surface area contributed by atoms with Gasteiger partial charge in [-0.1, -0.05) is 95.6 Å². The van der Waals surface area contributed by atoms with Gasteiger partial charge in [0, 0.05) is 6.20 Å². The maximum absolute atomic E-state index is 14.0. The van der Waals surface area contributed by atoms with Crippen LogP contribution in [-0.4, -0.2) is 33.1 Å². The van der Waals surface area contributed by atoms with Gasteiger partial charge in [0.1, 0.15) is 0 Å². The number of carbonyl (C=O) groups is 1. The van der Waals surface area contributed by atoms with Crippen molar-refractivity contribution in [3.05, 3.63) is 83.6 Å². The number of sulfonamides is 1. The highest BCUT2D eigenvalue weighted by molar-refractivity contribution is 7.89. The molecule has 0 aromatic heterocycles. The van der Waals surface area contributed by atoms with Gasteiger partial charge in [0.2, 0.25) is 0 Å². The van der Waals surface area contributed by atoms with Crippen molar-refractivity contribution in [2.24, 2.45) is 0 Å². The van der Waals surface area contributed by atoms with Crippen LogP contribution in [0.3, 0.4) is 0 Å². The van der Waals surface area contributed by atoms with Crippen molar-refractivity contribution in [3.8, 4) is 0 Å². The van der Waals surface area contributed by atoms with Crippen LogP contribution >= 0.6 is 0 Å². The van der Waals surface area contributed by atoms with Gasteiger partial charge in [-0.2, -0.15) is 0 Å². The highest BCUT2D eigenvalue weighted by Gasteiger charge is 2.50. The van der Waals surface area contributed by atoms with Crippen LogP contribution in [0.25, 0.3) is 5.57 Å². The van der Waals surface area contributed by atoms with E-state index in [1.807, 2.05) is 50.3 Å². The highest BCUT2D eigenvalue weighted by atomic mass is 32.2. The van der Waals surface area contributed by atoms with Crippen molar-refractivity contribution in [3.63, 3.8) is 0 Å². The third-order valence-electron chi connectivity index (χ3n) is 7.25. The van der Waals surface area contributed by atoms with Crippen LogP contribution in [0.1, 0.15) is 59.6 Å². The Bertz CT molecular complexity index is 1220. The number of benzene rings is 2. The summed E-state index contributed by atoms with van der Waals surface area (Å²) < 4.78 is 35.6. The first-order valence-electron chi connectivity index (χ1n) is 12.6. The third kappa shape index (κ3) is 5.23. The summed E-state index contributed by atoms with van der Waals surface area (Å²) >= 11 is 0. The molecule has 7 heteroatoms. The maximum atomic E-state index is 14.0. The summed E-state index contributed by atoms with van der Waals surface area (Å²) in [5.74, 6) is -0.495. The van der Waals surface area contributed by atoms with Gasteiger partial charge >= 0.3 is 5.97 Å².